The average Bonchev–Trinajstić information content (AvgIpc) is 3.18. The van der Waals surface area contributed by atoms with Gasteiger partial charge in [-0.15, -0.1) is 0 Å². The van der Waals surface area contributed by atoms with Crippen LogP contribution in [0.1, 0.15) is 50.1 Å². The fourth-order valence-corrected chi connectivity index (χ4v) is 4.06. The van der Waals surface area contributed by atoms with Crippen LogP contribution in [0.2, 0.25) is 0 Å². The minimum absolute atomic E-state index is 0.133. The Kier molecular flexibility index (Phi) is 4.29. The smallest absolute Gasteiger partial charge is 0.223 e. The van der Waals surface area contributed by atoms with Crippen LogP contribution in [-0.2, 0) is 11.3 Å². The van der Waals surface area contributed by atoms with Crippen molar-refractivity contribution in [1.82, 2.24) is 14.5 Å². The second-order valence-corrected chi connectivity index (χ2v) is 8.55. The van der Waals surface area contributed by atoms with E-state index in [0.29, 0.717) is 6.42 Å². The summed E-state index contributed by atoms with van der Waals surface area (Å²) in [5, 5.41) is 0. The van der Waals surface area contributed by atoms with Crippen molar-refractivity contribution in [3.05, 3.63) is 65.5 Å². The Hall–Kier alpha value is -2.62. The Morgan fingerprint density at radius 3 is 2.48 bits per heavy atom. The van der Waals surface area contributed by atoms with Crippen LogP contribution < -0.4 is 0 Å². The summed E-state index contributed by atoms with van der Waals surface area (Å²) in [5.41, 5.74) is 4.55. The van der Waals surface area contributed by atoms with Crippen molar-refractivity contribution in [3.8, 4) is 0 Å². The zero-order valence-electron chi connectivity index (χ0n) is 16.6. The molecule has 1 saturated heterocycles. The lowest BCUT2D eigenvalue weighted by Crippen LogP contribution is -2.42. The van der Waals surface area contributed by atoms with Crippen LogP contribution in [0.5, 0.6) is 0 Å². The van der Waals surface area contributed by atoms with E-state index in [2.05, 4.69) is 74.7 Å². The zero-order valence-corrected chi connectivity index (χ0v) is 16.6. The standard InChI is InChI=1S/C23H27N3O/c1-16-9-5-6-10-17(16)14-25-20-12-8-7-11-19(20)24-22(25)18-13-21(27)26(15-18)23(2,3)4/h5-12,18H,13-15H2,1-4H3/t18-/m0/s1. The molecule has 0 spiro atoms. The van der Waals surface area contributed by atoms with Gasteiger partial charge in [0, 0.05) is 31.0 Å². The number of carbonyl (C=O) groups excluding carboxylic acids is 1. The maximum atomic E-state index is 12.6. The molecule has 4 rings (SSSR count). The first-order valence-corrected chi connectivity index (χ1v) is 9.65. The van der Waals surface area contributed by atoms with Crippen molar-refractivity contribution in [2.24, 2.45) is 0 Å². The minimum Gasteiger partial charge on any atom is -0.337 e. The molecule has 0 bridgehead atoms. The number of benzene rings is 2. The number of nitrogens with zero attached hydrogens (tertiary/aromatic N) is 3. The van der Waals surface area contributed by atoms with Crippen LogP contribution in [0.4, 0.5) is 0 Å². The van der Waals surface area contributed by atoms with Gasteiger partial charge in [-0.05, 0) is 51.0 Å². The number of fused-ring (bicyclic) bond motifs is 1. The molecular formula is C23H27N3O. The maximum absolute atomic E-state index is 12.6. The number of rotatable bonds is 3. The van der Waals surface area contributed by atoms with Crippen molar-refractivity contribution in [2.45, 2.75) is 52.1 Å². The van der Waals surface area contributed by atoms with Gasteiger partial charge < -0.3 is 9.47 Å². The number of hydrogen-bond donors (Lipinski definition) is 0. The molecule has 0 saturated carbocycles. The lowest BCUT2D eigenvalue weighted by molar-refractivity contribution is -0.131. The molecule has 0 unspecified atom stereocenters. The Labute approximate surface area is 160 Å². The van der Waals surface area contributed by atoms with Crippen LogP contribution in [0.15, 0.2) is 48.5 Å². The normalized spacial score (nSPS) is 17.9. The van der Waals surface area contributed by atoms with E-state index in [9.17, 15) is 4.79 Å². The van der Waals surface area contributed by atoms with Gasteiger partial charge >= 0.3 is 0 Å². The molecular weight excluding hydrogens is 334 g/mol. The van der Waals surface area contributed by atoms with Crippen LogP contribution in [0, 0.1) is 6.92 Å². The quantitative estimate of drug-likeness (QED) is 0.688. The van der Waals surface area contributed by atoms with Crippen molar-refractivity contribution >= 4 is 16.9 Å². The Morgan fingerprint density at radius 1 is 1.07 bits per heavy atom. The molecule has 2 heterocycles. The zero-order chi connectivity index (χ0) is 19.2. The Bertz CT molecular complexity index is 996. The summed E-state index contributed by atoms with van der Waals surface area (Å²) < 4.78 is 2.31. The summed E-state index contributed by atoms with van der Waals surface area (Å²) in [6, 6.07) is 16.8. The molecule has 27 heavy (non-hydrogen) atoms. The molecule has 1 amide bonds. The van der Waals surface area contributed by atoms with E-state index in [1.54, 1.807) is 0 Å². The largest absolute Gasteiger partial charge is 0.337 e. The highest BCUT2D eigenvalue weighted by molar-refractivity contribution is 5.81. The number of likely N-dealkylation sites (tertiary alicyclic amines) is 1. The Morgan fingerprint density at radius 2 is 1.78 bits per heavy atom. The third kappa shape index (κ3) is 3.25. The van der Waals surface area contributed by atoms with E-state index < -0.39 is 0 Å². The van der Waals surface area contributed by atoms with Gasteiger partial charge in [0.1, 0.15) is 5.82 Å². The highest BCUT2D eigenvalue weighted by Gasteiger charge is 2.39. The number of amides is 1. The maximum Gasteiger partial charge on any atom is 0.223 e. The summed E-state index contributed by atoms with van der Waals surface area (Å²) in [7, 11) is 0. The van der Waals surface area contributed by atoms with E-state index in [-0.39, 0.29) is 17.4 Å². The summed E-state index contributed by atoms with van der Waals surface area (Å²) in [4.78, 5) is 19.6. The van der Waals surface area contributed by atoms with Crippen LogP contribution >= 0.6 is 0 Å². The fourth-order valence-electron chi connectivity index (χ4n) is 4.06. The van der Waals surface area contributed by atoms with Crippen molar-refractivity contribution < 1.29 is 4.79 Å². The number of aryl methyl sites for hydroxylation is 1. The first-order valence-electron chi connectivity index (χ1n) is 9.65. The molecule has 1 fully saturated rings. The topological polar surface area (TPSA) is 38.1 Å². The van der Waals surface area contributed by atoms with Crippen molar-refractivity contribution in [2.75, 3.05) is 6.54 Å². The van der Waals surface area contributed by atoms with E-state index in [1.807, 2.05) is 11.0 Å². The molecule has 1 aliphatic rings. The lowest BCUT2D eigenvalue weighted by Gasteiger charge is -2.32. The predicted octanol–water partition coefficient (Wildman–Crippen LogP) is 4.51. The van der Waals surface area contributed by atoms with E-state index in [1.165, 1.54) is 11.1 Å². The molecule has 0 N–H and O–H groups in total. The van der Waals surface area contributed by atoms with Gasteiger partial charge in [-0.2, -0.15) is 0 Å². The molecule has 4 heteroatoms. The molecule has 140 valence electrons. The molecule has 0 aliphatic carbocycles. The number of imidazole rings is 1. The monoisotopic (exact) mass is 361 g/mol. The fraction of sp³-hybridized carbons (Fsp3) is 0.391. The summed E-state index contributed by atoms with van der Waals surface area (Å²) in [5.74, 6) is 1.38. The van der Waals surface area contributed by atoms with E-state index >= 15 is 0 Å². The predicted molar refractivity (Wildman–Crippen MR) is 109 cm³/mol. The number of hydrogen-bond acceptors (Lipinski definition) is 2. The number of carbonyl (C=O) groups is 1. The SMILES string of the molecule is Cc1ccccc1Cn1c([C@H]2CC(=O)N(C(C)(C)C)C2)nc2ccccc21. The molecule has 3 aromatic rings. The second kappa shape index (κ2) is 6.52. The van der Waals surface area contributed by atoms with Crippen LogP contribution in [0.25, 0.3) is 11.0 Å². The van der Waals surface area contributed by atoms with Gasteiger partial charge in [0.25, 0.3) is 0 Å². The van der Waals surface area contributed by atoms with Gasteiger partial charge in [-0.25, -0.2) is 4.98 Å². The van der Waals surface area contributed by atoms with Crippen LogP contribution in [0.3, 0.4) is 0 Å². The first kappa shape index (κ1) is 17.8. The van der Waals surface area contributed by atoms with Gasteiger partial charge in [-0.3, -0.25) is 4.79 Å². The summed E-state index contributed by atoms with van der Waals surface area (Å²) in [6.45, 7) is 9.97. The molecule has 1 aromatic heterocycles. The van der Waals surface area contributed by atoms with Crippen LogP contribution in [-0.4, -0.2) is 32.4 Å². The molecule has 1 atom stereocenters. The average molecular weight is 361 g/mol. The highest BCUT2D eigenvalue weighted by Crippen LogP contribution is 2.34. The molecule has 4 nitrogen and oxygen atoms in total. The van der Waals surface area contributed by atoms with E-state index in [0.717, 1.165) is 29.9 Å². The highest BCUT2D eigenvalue weighted by atomic mass is 16.2. The van der Waals surface area contributed by atoms with Gasteiger partial charge in [0.2, 0.25) is 5.91 Å². The lowest BCUT2D eigenvalue weighted by atomic mass is 10.1. The van der Waals surface area contributed by atoms with Crippen molar-refractivity contribution in [1.29, 1.82) is 0 Å². The molecule has 0 radical (unpaired) electrons. The Balaban J connectivity index is 1.77. The number of aromatic nitrogens is 2. The first-order chi connectivity index (χ1) is 12.8. The second-order valence-electron chi connectivity index (χ2n) is 8.55. The van der Waals surface area contributed by atoms with Gasteiger partial charge in [0.15, 0.2) is 0 Å². The van der Waals surface area contributed by atoms with Gasteiger partial charge in [0.05, 0.1) is 11.0 Å². The third-order valence-corrected chi connectivity index (χ3v) is 5.57. The van der Waals surface area contributed by atoms with Gasteiger partial charge in [-0.1, -0.05) is 36.4 Å². The van der Waals surface area contributed by atoms with Crippen molar-refractivity contribution in [3.63, 3.8) is 0 Å². The number of para-hydroxylation sites is 2. The summed E-state index contributed by atoms with van der Waals surface area (Å²) in [6.07, 6.45) is 0.536. The minimum atomic E-state index is -0.154. The summed E-state index contributed by atoms with van der Waals surface area (Å²) >= 11 is 0. The van der Waals surface area contributed by atoms with E-state index in [4.69, 9.17) is 4.98 Å². The third-order valence-electron chi connectivity index (χ3n) is 5.57. The molecule has 2 aromatic carbocycles. The molecule has 1 aliphatic heterocycles.